The van der Waals surface area contributed by atoms with Crippen molar-refractivity contribution < 1.29 is 9.59 Å². The Morgan fingerprint density at radius 2 is 1.60 bits per heavy atom. The lowest BCUT2D eigenvalue weighted by Crippen LogP contribution is -2.48. The summed E-state index contributed by atoms with van der Waals surface area (Å²) in [6.45, 7) is 6.35. The van der Waals surface area contributed by atoms with E-state index >= 15 is 0 Å². The van der Waals surface area contributed by atoms with Crippen LogP contribution in [0.25, 0.3) is 0 Å². The highest BCUT2D eigenvalue weighted by molar-refractivity contribution is 6.36. The first-order valence-electron chi connectivity index (χ1n) is 9.54. The van der Waals surface area contributed by atoms with Crippen LogP contribution in [-0.4, -0.2) is 29.3 Å². The third-order valence-corrected chi connectivity index (χ3v) is 5.89. The summed E-state index contributed by atoms with van der Waals surface area (Å²) in [5, 5.41) is 4.59. The summed E-state index contributed by atoms with van der Waals surface area (Å²) in [6.07, 6.45) is -0.0362. The summed E-state index contributed by atoms with van der Waals surface area (Å²) in [4.78, 5) is 27.4. The highest BCUT2D eigenvalue weighted by Crippen LogP contribution is 2.27. The van der Waals surface area contributed by atoms with E-state index in [-0.39, 0.29) is 30.7 Å². The third-order valence-electron chi connectivity index (χ3n) is 4.60. The van der Waals surface area contributed by atoms with Gasteiger partial charge in [-0.05, 0) is 48.2 Å². The van der Waals surface area contributed by atoms with Crippen LogP contribution in [0.3, 0.4) is 0 Å². The maximum absolute atomic E-state index is 13.2. The molecule has 0 aliphatic heterocycles. The number of nitrogens with one attached hydrogen (secondary N) is 1. The number of hydrogen-bond acceptors (Lipinski definition) is 2. The molecule has 0 saturated heterocycles. The summed E-state index contributed by atoms with van der Waals surface area (Å²) in [5.41, 5.74) is 1.20. The second kappa shape index (κ2) is 11.2. The Kier molecular flexibility index (Phi) is 9.30. The van der Waals surface area contributed by atoms with Crippen LogP contribution in [0, 0.1) is 5.92 Å². The molecule has 0 aromatic heterocycles. The van der Waals surface area contributed by atoms with Gasteiger partial charge in [-0.2, -0.15) is 0 Å². The normalized spacial score (nSPS) is 12.0. The van der Waals surface area contributed by atoms with Crippen LogP contribution in [0.2, 0.25) is 20.1 Å². The van der Waals surface area contributed by atoms with Crippen LogP contribution in [-0.2, 0) is 22.6 Å². The number of rotatable bonds is 8. The molecule has 0 unspecified atom stereocenters. The average molecular weight is 490 g/mol. The van der Waals surface area contributed by atoms with Crippen LogP contribution >= 0.6 is 46.4 Å². The summed E-state index contributed by atoms with van der Waals surface area (Å²) >= 11 is 24.8. The summed E-state index contributed by atoms with van der Waals surface area (Å²) in [6, 6.07) is 9.39. The topological polar surface area (TPSA) is 49.4 Å². The minimum atomic E-state index is -0.718. The molecule has 8 heteroatoms. The van der Waals surface area contributed by atoms with Gasteiger partial charge in [0.25, 0.3) is 0 Å². The van der Waals surface area contributed by atoms with Crippen molar-refractivity contribution in [1.29, 1.82) is 0 Å². The Bertz CT molecular complexity index is 898. The van der Waals surface area contributed by atoms with E-state index in [0.29, 0.717) is 37.8 Å². The number of hydrogen-bond donors (Lipinski definition) is 1. The number of halogens is 4. The van der Waals surface area contributed by atoms with Crippen molar-refractivity contribution >= 4 is 58.2 Å². The predicted octanol–water partition coefficient (Wildman–Crippen LogP) is 6.03. The van der Waals surface area contributed by atoms with Crippen molar-refractivity contribution in [1.82, 2.24) is 10.2 Å². The standard InChI is InChI=1S/C22H24Cl4N2O2/c1-13(2)11-27-22(30)14(3)28(12-15-7-8-16(23)9-20(15)26)21(29)10-17-18(24)5-4-6-19(17)25/h4-9,13-14H,10-12H2,1-3H3,(H,27,30)/t14-/m0/s1. The van der Waals surface area contributed by atoms with Crippen LogP contribution in [0.5, 0.6) is 0 Å². The van der Waals surface area contributed by atoms with Crippen molar-refractivity contribution in [3.05, 3.63) is 67.6 Å². The Balaban J connectivity index is 2.31. The zero-order chi connectivity index (χ0) is 22.4. The largest absolute Gasteiger partial charge is 0.354 e. The number of nitrogens with zero attached hydrogens (tertiary/aromatic N) is 1. The van der Waals surface area contributed by atoms with Gasteiger partial charge in [-0.1, -0.05) is 72.4 Å². The lowest BCUT2D eigenvalue weighted by Gasteiger charge is -2.29. The fourth-order valence-electron chi connectivity index (χ4n) is 2.82. The molecular formula is C22H24Cl4N2O2. The lowest BCUT2D eigenvalue weighted by molar-refractivity contribution is -0.140. The van der Waals surface area contributed by atoms with Crippen molar-refractivity contribution in [3.8, 4) is 0 Å². The van der Waals surface area contributed by atoms with Gasteiger partial charge in [0, 0.05) is 33.2 Å². The molecule has 1 atom stereocenters. The second-order valence-electron chi connectivity index (χ2n) is 7.45. The van der Waals surface area contributed by atoms with Crippen molar-refractivity contribution in [3.63, 3.8) is 0 Å². The van der Waals surface area contributed by atoms with Crippen molar-refractivity contribution in [2.45, 2.75) is 39.8 Å². The molecule has 0 bridgehead atoms. The Morgan fingerprint density at radius 3 is 2.17 bits per heavy atom. The van der Waals surface area contributed by atoms with E-state index in [1.165, 1.54) is 4.90 Å². The fraction of sp³-hybridized carbons (Fsp3) is 0.364. The molecule has 30 heavy (non-hydrogen) atoms. The highest BCUT2D eigenvalue weighted by Gasteiger charge is 2.27. The van der Waals surface area contributed by atoms with Gasteiger partial charge in [0.2, 0.25) is 11.8 Å². The van der Waals surface area contributed by atoms with Gasteiger partial charge in [-0.15, -0.1) is 0 Å². The first-order chi connectivity index (χ1) is 14.1. The van der Waals surface area contributed by atoms with Crippen LogP contribution in [0.15, 0.2) is 36.4 Å². The number of benzene rings is 2. The first-order valence-corrected chi connectivity index (χ1v) is 11.0. The summed E-state index contributed by atoms with van der Waals surface area (Å²) in [5.74, 6) is -0.242. The third kappa shape index (κ3) is 6.78. The summed E-state index contributed by atoms with van der Waals surface area (Å²) < 4.78 is 0. The molecule has 4 nitrogen and oxygen atoms in total. The smallest absolute Gasteiger partial charge is 0.242 e. The maximum atomic E-state index is 13.2. The average Bonchev–Trinajstić information content (AvgIpc) is 2.67. The molecule has 162 valence electrons. The first kappa shape index (κ1) is 24.8. The van der Waals surface area contributed by atoms with E-state index in [0.717, 1.165) is 0 Å². The molecule has 0 aliphatic carbocycles. The monoisotopic (exact) mass is 488 g/mol. The predicted molar refractivity (Wildman–Crippen MR) is 124 cm³/mol. The Morgan fingerprint density at radius 1 is 0.967 bits per heavy atom. The van der Waals surface area contributed by atoms with E-state index < -0.39 is 6.04 Å². The van der Waals surface area contributed by atoms with E-state index in [4.69, 9.17) is 46.4 Å². The van der Waals surface area contributed by atoms with Gasteiger partial charge in [-0.25, -0.2) is 0 Å². The quantitative estimate of drug-likeness (QED) is 0.491. The van der Waals surface area contributed by atoms with Crippen LogP contribution in [0.4, 0.5) is 0 Å². The van der Waals surface area contributed by atoms with Gasteiger partial charge in [0.05, 0.1) is 6.42 Å². The molecule has 0 spiro atoms. The molecule has 2 aromatic rings. The van der Waals surface area contributed by atoms with E-state index in [1.54, 1.807) is 43.3 Å². The number of amides is 2. The molecular weight excluding hydrogens is 466 g/mol. The molecule has 0 heterocycles. The van der Waals surface area contributed by atoms with Crippen molar-refractivity contribution in [2.75, 3.05) is 6.54 Å². The SMILES string of the molecule is CC(C)CNC(=O)[C@H](C)N(Cc1ccc(Cl)cc1Cl)C(=O)Cc1c(Cl)cccc1Cl. The molecule has 1 N–H and O–H groups in total. The molecule has 0 saturated carbocycles. The molecule has 0 radical (unpaired) electrons. The second-order valence-corrected chi connectivity index (χ2v) is 9.11. The Labute approximate surface area is 197 Å². The van der Waals surface area contributed by atoms with Crippen molar-refractivity contribution in [2.24, 2.45) is 5.92 Å². The van der Waals surface area contributed by atoms with Crippen LogP contribution in [0.1, 0.15) is 31.9 Å². The molecule has 2 rings (SSSR count). The molecule has 0 fully saturated rings. The maximum Gasteiger partial charge on any atom is 0.242 e. The van der Waals surface area contributed by atoms with Gasteiger partial charge < -0.3 is 10.2 Å². The van der Waals surface area contributed by atoms with E-state index in [1.807, 2.05) is 13.8 Å². The van der Waals surface area contributed by atoms with E-state index in [9.17, 15) is 9.59 Å². The van der Waals surface area contributed by atoms with Gasteiger partial charge >= 0.3 is 0 Å². The lowest BCUT2D eigenvalue weighted by atomic mass is 10.1. The van der Waals surface area contributed by atoms with Gasteiger partial charge in [0.15, 0.2) is 0 Å². The molecule has 0 aliphatic rings. The van der Waals surface area contributed by atoms with Gasteiger partial charge in [-0.3, -0.25) is 9.59 Å². The van der Waals surface area contributed by atoms with Crippen LogP contribution < -0.4 is 5.32 Å². The number of carbonyl (C=O) groups is 2. The molecule has 2 amide bonds. The highest BCUT2D eigenvalue weighted by atomic mass is 35.5. The van der Waals surface area contributed by atoms with Gasteiger partial charge in [0.1, 0.15) is 6.04 Å². The zero-order valence-electron chi connectivity index (χ0n) is 17.0. The summed E-state index contributed by atoms with van der Waals surface area (Å²) in [7, 11) is 0. The fourth-order valence-corrected chi connectivity index (χ4v) is 3.82. The van der Waals surface area contributed by atoms with E-state index in [2.05, 4.69) is 5.32 Å². The molecule has 2 aromatic carbocycles. The minimum absolute atomic E-state index is 0.0362. The number of carbonyl (C=O) groups excluding carboxylic acids is 2. The zero-order valence-corrected chi connectivity index (χ0v) is 20.0. The minimum Gasteiger partial charge on any atom is -0.354 e. The Hall–Kier alpha value is -1.46.